The van der Waals surface area contributed by atoms with Crippen molar-refractivity contribution in [2.24, 2.45) is 0 Å². The summed E-state index contributed by atoms with van der Waals surface area (Å²) in [5.74, 6) is 0.292. The Kier molecular flexibility index (Phi) is 4.12. The van der Waals surface area contributed by atoms with Crippen LogP contribution in [0.3, 0.4) is 0 Å². The van der Waals surface area contributed by atoms with E-state index >= 15 is 0 Å². The molecule has 0 aliphatic heterocycles. The average Bonchev–Trinajstić information content (AvgIpc) is 2.26. The predicted octanol–water partition coefficient (Wildman–Crippen LogP) is 1.64. The molecule has 0 aliphatic rings. The molecule has 0 aliphatic carbocycles. The Morgan fingerprint density at radius 3 is 2.24 bits per heavy atom. The summed E-state index contributed by atoms with van der Waals surface area (Å²) in [6.45, 7) is 5.60. The van der Waals surface area contributed by atoms with Crippen LogP contribution in [0.4, 0.5) is 0 Å². The molecule has 94 valence electrons. The van der Waals surface area contributed by atoms with Gasteiger partial charge in [0.25, 0.3) is 5.91 Å². The zero-order valence-electron chi connectivity index (χ0n) is 10.7. The van der Waals surface area contributed by atoms with Crippen molar-refractivity contribution in [1.82, 2.24) is 5.32 Å². The topological polar surface area (TPSA) is 58.6 Å². The van der Waals surface area contributed by atoms with Crippen molar-refractivity contribution in [2.45, 2.75) is 32.4 Å². The smallest absolute Gasteiger partial charge is 0.253 e. The number of ether oxygens (including phenoxy) is 1. The van der Waals surface area contributed by atoms with Crippen LogP contribution in [0.15, 0.2) is 24.3 Å². The summed E-state index contributed by atoms with van der Waals surface area (Å²) in [6, 6.07) is 6.77. The Morgan fingerprint density at radius 1 is 1.29 bits per heavy atom. The lowest BCUT2D eigenvalue weighted by molar-refractivity contribution is -0.131. The third-order valence-electron chi connectivity index (χ3n) is 2.18. The van der Waals surface area contributed by atoms with Crippen molar-refractivity contribution in [3.05, 3.63) is 29.8 Å². The monoisotopic (exact) mass is 237 g/mol. The first-order valence-corrected chi connectivity index (χ1v) is 5.47. The highest BCUT2D eigenvalue weighted by molar-refractivity contribution is 5.82. The Morgan fingerprint density at radius 2 is 1.82 bits per heavy atom. The molecule has 0 bridgehead atoms. The first-order chi connectivity index (χ1) is 7.83. The molecule has 1 aromatic rings. The lowest BCUT2D eigenvalue weighted by atomic mass is 10.1. The molecule has 1 rings (SSSR count). The molecule has 0 fully saturated rings. The maximum absolute atomic E-state index is 11.7. The van der Waals surface area contributed by atoms with E-state index in [1.54, 1.807) is 31.4 Å². The number of rotatable bonds is 3. The summed E-state index contributed by atoms with van der Waals surface area (Å²) in [4.78, 5) is 11.7. The van der Waals surface area contributed by atoms with Gasteiger partial charge >= 0.3 is 0 Å². The Hall–Kier alpha value is -1.55. The fourth-order valence-corrected chi connectivity index (χ4v) is 1.38. The van der Waals surface area contributed by atoms with Gasteiger partial charge in [0.05, 0.1) is 7.11 Å². The molecule has 0 heterocycles. The highest BCUT2D eigenvalue weighted by Crippen LogP contribution is 2.18. The van der Waals surface area contributed by atoms with Gasteiger partial charge in [-0.25, -0.2) is 0 Å². The molecule has 0 saturated carbocycles. The summed E-state index contributed by atoms with van der Waals surface area (Å²) < 4.78 is 5.01. The minimum atomic E-state index is -1.15. The van der Waals surface area contributed by atoms with Crippen molar-refractivity contribution in [3.63, 3.8) is 0 Å². The van der Waals surface area contributed by atoms with Crippen LogP contribution in [0.25, 0.3) is 0 Å². The second-order valence-corrected chi connectivity index (χ2v) is 4.91. The van der Waals surface area contributed by atoms with Gasteiger partial charge in [-0.05, 0) is 38.5 Å². The largest absolute Gasteiger partial charge is 0.497 e. The molecule has 2 N–H and O–H groups in total. The fraction of sp³-hybridized carbons (Fsp3) is 0.462. The van der Waals surface area contributed by atoms with Crippen LogP contribution in [0.2, 0.25) is 0 Å². The van der Waals surface area contributed by atoms with Crippen LogP contribution in [-0.4, -0.2) is 23.7 Å². The quantitative estimate of drug-likeness (QED) is 0.840. The summed E-state index contributed by atoms with van der Waals surface area (Å²) in [5, 5.41) is 12.6. The molecule has 1 aromatic carbocycles. The summed E-state index contributed by atoms with van der Waals surface area (Å²) in [7, 11) is 1.57. The number of aliphatic hydroxyl groups excluding tert-OH is 1. The number of methoxy groups -OCH3 is 1. The van der Waals surface area contributed by atoms with E-state index in [1.807, 2.05) is 20.8 Å². The zero-order valence-corrected chi connectivity index (χ0v) is 10.7. The third kappa shape index (κ3) is 4.07. The normalized spacial score (nSPS) is 13.0. The van der Waals surface area contributed by atoms with Crippen LogP contribution < -0.4 is 10.1 Å². The zero-order chi connectivity index (χ0) is 13.1. The SMILES string of the molecule is COc1ccc([C@H](O)C(=O)NC(C)(C)C)cc1. The van der Waals surface area contributed by atoms with Gasteiger partial charge in [-0.3, -0.25) is 4.79 Å². The molecular formula is C13H19NO3. The Balaban J connectivity index is 2.74. The third-order valence-corrected chi connectivity index (χ3v) is 2.18. The summed E-state index contributed by atoms with van der Waals surface area (Å²) >= 11 is 0. The minimum Gasteiger partial charge on any atom is -0.497 e. The minimum absolute atomic E-state index is 0.357. The predicted molar refractivity (Wildman–Crippen MR) is 65.8 cm³/mol. The Labute approximate surface area is 102 Å². The number of carbonyl (C=O) groups is 1. The van der Waals surface area contributed by atoms with Crippen LogP contribution >= 0.6 is 0 Å². The van der Waals surface area contributed by atoms with Gasteiger partial charge in [-0.15, -0.1) is 0 Å². The van der Waals surface area contributed by atoms with Gasteiger partial charge in [0, 0.05) is 5.54 Å². The molecule has 0 spiro atoms. The summed E-state index contributed by atoms with van der Waals surface area (Å²) in [5.41, 5.74) is 0.192. The summed E-state index contributed by atoms with van der Waals surface area (Å²) in [6.07, 6.45) is -1.15. The van der Waals surface area contributed by atoms with Crippen LogP contribution in [0.5, 0.6) is 5.75 Å². The van der Waals surface area contributed by atoms with Gasteiger partial charge in [0.1, 0.15) is 5.75 Å². The van der Waals surface area contributed by atoms with E-state index in [0.717, 1.165) is 0 Å². The van der Waals surface area contributed by atoms with Crippen molar-refractivity contribution in [3.8, 4) is 5.75 Å². The number of amides is 1. The first kappa shape index (κ1) is 13.5. The van der Waals surface area contributed by atoms with Crippen LogP contribution in [0.1, 0.15) is 32.4 Å². The number of aliphatic hydroxyl groups is 1. The van der Waals surface area contributed by atoms with E-state index in [1.165, 1.54) is 0 Å². The number of hydrogen-bond donors (Lipinski definition) is 2. The maximum atomic E-state index is 11.7. The molecular weight excluding hydrogens is 218 g/mol. The molecule has 4 heteroatoms. The lowest BCUT2D eigenvalue weighted by Gasteiger charge is -2.22. The van der Waals surface area contributed by atoms with E-state index < -0.39 is 12.0 Å². The highest BCUT2D eigenvalue weighted by Gasteiger charge is 2.21. The second-order valence-electron chi connectivity index (χ2n) is 4.91. The van der Waals surface area contributed by atoms with Crippen molar-refractivity contribution < 1.29 is 14.6 Å². The fourth-order valence-electron chi connectivity index (χ4n) is 1.38. The van der Waals surface area contributed by atoms with Crippen LogP contribution in [0, 0.1) is 0 Å². The van der Waals surface area contributed by atoms with Gasteiger partial charge in [-0.1, -0.05) is 12.1 Å². The molecule has 4 nitrogen and oxygen atoms in total. The number of hydrogen-bond acceptors (Lipinski definition) is 3. The lowest BCUT2D eigenvalue weighted by Crippen LogP contribution is -2.43. The molecule has 1 amide bonds. The standard InChI is InChI=1S/C13H19NO3/c1-13(2,3)14-12(16)11(15)9-5-7-10(17-4)8-6-9/h5-8,11,15H,1-4H3,(H,14,16)/t11-/m0/s1. The van der Waals surface area contributed by atoms with Crippen LogP contribution in [-0.2, 0) is 4.79 Å². The molecule has 0 saturated heterocycles. The number of nitrogens with one attached hydrogen (secondary N) is 1. The molecule has 0 aromatic heterocycles. The van der Waals surface area contributed by atoms with Crippen molar-refractivity contribution in [1.29, 1.82) is 0 Å². The molecule has 1 atom stereocenters. The van der Waals surface area contributed by atoms with Gasteiger partial charge in [0.2, 0.25) is 0 Å². The van der Waals surface area contributed by atoms with Gasteiger partial charge in [0.15, 0.2) is 6.10 Å². The van der Waals surface area contributed by atoms with Gasteiger partial charge in [-0.2, -0.15) is 0 Å². The number of carbonyl (C=O) groups excluding carboxylic acids is 1. The van der Waals surface area contributed by atoms with E-state index in [-0.39, 0.29) is 5.54 Å². The molecule has 17 heavy (non-hydrogen) atoms. The van der Waals surface area contributed by atoms with Crippen molar-refractivity contribution >= 4 is 5.91 Å². The van der Waals surface area contributed by atoms with E-state index in [4.69, 9.17) is 4.74 Å². The van der Waals surface area contributed by atoms with Gasteiger partial charge < -0.3 is 15.2 Å². The average molecular weight is 237 g/mol. The molecule has 0 radical (unpaired) electrons. The Bertz CT molecular complexity index is 379. The second kappa shape index (κ2) is 5.19. The van der Waals surface area contributed by atoms with E-state index in [2.05, 4.69) is 5.32 Å². The van der Waals surface area contributed by atoms with E-state index in [9.17, 15) is 9.90 Å². The number of benzene rings is 1. The van der Waals surface area contributed by atoms with E-state index in [0.29, 0.717) is 11.3 Å². The first-order valence-electron chi connectivity index (χ1n) is 5.47. The molecule has 0 unspecified atom stereocenters. The highest BCUT2D eigenvalue weighted by atomic mass is 16.5. The maximum Gasteiger partial charge on any atom is 0.253 e. The van der Waals surface area contributed by atoms with Crippen molar-refractivity contribution in [2.75, 3.05) is 7.11 Å².